The Bertz CT molecular complexity index is 598. The Morgan fingerprint density at radius 3 is 2.63 bits per heavy atom. The van der Waals surface area contributed by atoms with Crippen LogP contribution in [0.25, 0.3) is 0 Å². The lowest BCUT2D eigenvalue weighted by Crippen LogP contribution is -2.32. The lowest BCUT2D eigenvalue weighted by Gasteiger charge is -2.16. The molecule has 6 nitrogen and oxygen atoms in total. The molecule has 0 bridgehead atoms. The molecule has 0 atom stereocenters. The minimum absolute atomic E-state index is 0.0178. The van der Waals surface area contributed by atoms with Gasteiger partial charge in [0.2, 0.25) is 10.0 Å². The van der Waals surface area contributed by atoms with E-state index in [1.54, 1.807) is 6.07 Å². The third kappa shape index (κ3) is 3.72. The van der Waals surface area contributed by atoms with Crippen LogP contribution in [0.15, 0.2) is 29.2 Å². The van der Waals surface area contributed by atoms with Crippen LogP contribution in [-0.4, -0.2) is 44.4 Å². The van der Waals surface area contributed by atoms with Gasteiger partial charge in [-0.3, -0.25) is 4.79 Å². The van der Waals surface area contributed by atoms with Crippen LogP contribution in [0.5, 0.6) is 0 Å². The number of benzene rings is 1. The van der Waals surface area contributed by atoms with Gasteiger partial charge in [-0.05, 0) is 12.1 Å². The van der Waals surface area contributed by atoms with Gasteiger partial charge in [-0.25, -0.2) is 8.42 Å². The highest BCUT2D eigenvalue weighted by Crippen LogP contribution is 2.15. The van der Waals surface area contributed by atoms with E-state index in [9.17, 15) is 13.2 Å². The number of ether oxygens (including phenoxy) is 1. The fourth-order valence-corrected chi connectivity index (χ4v) is 2.61. The highest BCUT2D eigenvalue weighted by atomic mass is 32.2. The van der Waals surface area contributed by atoms with Crippen molar-refractivity contribution >= 4 is 33.2 Å². The van der Waals surface area contributed by atoms with Crippen LogP contribution in [0.3, 0.4) is 0 Å². The third-order valence-electron chi connectivity index (χ3n) is 2.41. The monoisotopic (exact) mass is 302 g/mol. The number of hydrogen-bond acceptors (Lipinski definition) is 5. The number of likely N-dealkylation sites (N-methyl/N-ethyl adjacent to an activating group) is 1. The summed E-state index contributed by atoms with van der Waals surface area (Å²) in [6.07, 6.45) is 0. The highest BCUT2D eigenvalue weighted by Gasteiger charge is 2.23. The average molecular weight is 302 g/mol. The zero-order valence-electron chi connectivity index (χ0n) is 10.5. The van der Waals surface area contributed by atoms with Crippen LogP contribution in [0, 0.1) is 0 Å². The first-order valence-corrected chi connectivity index (χ1v) is 7.07. The molecule has 1 rings (SSSR count). The van der Waals surface area contributed by atoms with Gasteiger partial charge in [0.25, 0.3) is 0 Å². The molecule has 0 fully saturated rings. The molecule has 0 aromatic heterocycles. The van der Waals surface area contributed by atoms with Gasteiger partial charge in [0.15, 0.2) is 0 Å². The van der Waals surface area contributed by atoms with E-state index in [0.717, 1.165) is 4.31 Å². The summed E-state index contributed by atoms with van der Waals surface area (Å²) < 4.78 is 29.7. The van der Waals surface area contributed by atoms with Crippen molar-refractivity contribution < 1.29 is 17.9 Å². The van der Waals surface area contributed by atoms with E-state index in [1.165, 1.54) is 32.4 Å². The maximum absolute atomic E-state index is 12.2. The Morgan fingerprint density at radius 1 is 1.47 bits per heavy atom. The van der Waals surface area contributed by atoms with Crippen LogP contribution in [0.1, 0.15) is 5.56 Å². The SMILES string of the molecule is COC(=O)CN(C)S(=O)(=O)c1cccc(C(N)=S)c1. The molecule has 0 saturated carbocycles. The summed E-state index contributed by atoms with van der Waals surface area (Å²) >= 11 is 4.79. The van der Waals surface area contributed by atoms with Crippen molar-refractivity contribution in [2.75, 3.05) is 20.7 Å². The molecular formula is C11H14N2O4S2. The number of thiocarbonyl (C=S) groups is 1. The molecule has 19 heavy (non-hydrogen) atoms. The molecule has 2 N–H and O–H groups in total. The van der Waals surface area contributed by atoms with Crippen LogP contribution in [-0.2, 0) is 19.6 Å². The number of esters is 1. The molecule has 1 aromatic rings. The molecule has 0 aliphatic carbocycles. The van der Waals surface area contributed by atoms with Gasteiger partial charge in [0, 0.05) is 12.6 Å². The smallest absolute Gasteiger partial charge is 0.321 e. The van der Waals surface area contributed by atoms with Crippen molar-refractivity contribution in [2.24, 2.45) is 5.73 Å². The van der Waals surface area contributed by atoms with Gasteiger partial charge in [-0.15, -0.1) is 0 Å². The summed E-state index contributed by atoms with van der Waals surface area (Å²) in [5.41, 5.74) is 5.90. The van der Waals surface area contributed by atoms with Crippen molar-refractivity contribution in [3.63, 3.8) is 0 Å². The molecule has 0 unspecified atom stereocenters. The van der Waals surface area contributed by atoms with Crippen molar-refractivity contribution in [3.05, 3.63) is 29.8 Å². The van der Waals surface area contributed by atoms with Crippen molar-refractivity contribution in [2.45, 2.75) is 4.90 Å². The van der Waals surface area contributed by atoms with E-state index in [1.807, 2.05) is 0 Å². The molecule has 104 valence electrons. The number of methoxy groups -OCH3 is 1. The minimum atomic E-state index is -3.78. The molecule has 0 radical (unpaired) electrons. The Balaban J connectivity index is 3.09. The molecule has 0 heterocycles. The van der Waals surface area contributed by atoms with Gasteiger partial charge >= 0.3 is 5.97 Å². The minimum Gasteiger partial charge on any atom is -0.468 e. The van der Waals surface area contributed by atoms with Gasteiger partial charge in [0.05, 0.1) is 12.0 Å². The Morgan fingerprint density at radius 2 is 2.11 bits per heavy atom. The summed E-state index contributed by atoms with van der Waals surface area (Å²) in [5, 5.41) is 0. The predicted octanol–water partition coefficient (Wildman–Crippen LogP) is 0.114. The number of carbonyl (C=O) groups excluding carboxylic acids is 1. The molecule has 1 aromatic carbocycles. The topological polar surface area (TPSA) is 89.7 Å². The Kier molecular flexibility index (Phi) is 4.98. The number of sulfonamides is 1. The molecule has 0 saturated heterocycles. The summed E-state index contributed by atoms with van der Waals surface area (Å²) in [4.78, 5) is 11.2. The second kappa shape index (κ2) is 6.09. The van der Waals surface area contributed by atoms with E-state index >= 15 is 0 Å². The fourth-order valence-electron chi connectivity index (χ4n) is 1.32. The summed E-state index contributed by atoms with van der Waals surface area (Å²) in [6.45, 7) is -0.365. The van der Waals surface area contributed by atoms with Gasteiger partial charge in [-0.1, -0.05) is 24.4 Å². The highest BCUT2D eigenvalue weighted by molar-refractivity contribution is 7.89. The number of nitrogens with zero attached hydrogens (tertiary/aromatic N) is 1. The van der Waals surface area contributed by atoms with E-state index in [0.29, 0.717) is 5.56 Å². The first-order chi connectivity index (χ1) is 8.78. The Labute approximate surface area is 117 Å². The first kappa shape index (κ1) is 15.5. The number of carbonyl (C=O) groups is 1. The zero-order valence-corrected chi connectivity index (χ0v) is 12.1. The van der Waals surface area contributed by atoms with Gasteiger partial charge in [0.1, 0.15) is 11.5 Å². The maximum Gasteiger partial charge on any atom is 0.321 e. The van der Waals surface area contributed by atoms with Gasteiger partial charge < -0.3 is 10.5 Å². The normalized spacial score (nSPS) is 11.3. The third-order valence-corrected chi connectivity index (χ3v) is 4.44. The van der Waals surface area contributed by atoms with E-state index in [-0.39, 0.29) is 16.4 Å². The van der Waals surface area contributed by atoms with Crippen LogP contribution in [0.4, 0.5) is 0 Å². The molecule has 8 heteroatoms. The number of nitrogens with two attached hydrogens (primary N) is 1. The van der Waals surface area contributed by atoms with Crippen LogP contribution >= 0.6 is 12.2 Å². The van der Waals surface area contributed by atoms with Crippen molar-refractivity contribution in [1.29, 1.82) is 0 Å². The zero-order chi connectivity index (χ0) is 14.6. The Hall–Kier alpha value is -1.51. The number of rotatable bonds is 5. The van der Waals surface area contributed by atoms with Gasteiger partial charge in [-0.2, -0.15) is 4.31 Å². The van der Waals surface area contributed by atoms with Crippen LogP contribution < -0.4 is 5.73 Å². The van der Waals surface area contributed by atoms with E-state index < -0.39 is 16.0 Å². The molecule has 0 spiro atoms. The van der Waals surface area contributed by atoms with Crippen molar-refractivity contribution in [3.8, 4) is 0 Å². The maximum atomic E-state index is 12.2. The quantitative estimate of drug-likeness (QED) is 0.613. The lowest BCUT2D eigenvalue weighted by atomic mass is 10.2. The summed E-state index contributed by atoms with van der Waals surface area (Å²) in [7, 11) is -1.30. The molecule has 0 aliphatic heterocycles. The summed E-state index contributed by atoms with van der Waals surface area (Å²) in [6, 6.07) is 5.92. The molecule has 0 aliphatic rings. The lowest BCUT2D eigenvalue weighted by molar-refractivity contribution is -0.140. The standard InChI is InChI=1S/C11H14N2O4S2/c1-13(7-10(14)17-2)19(15,16)9-5-3-4-8(6-9)11(12)18/h3-6H,7H2,1-2H3,(H2,12,18). The van der Waals surface area contributed by atoms with E-state index in [4.69, 9.17) is 18.0 Å². The second-order valence-corrected chi connectivity index (χ2v) is 6.21. The molecule has 0 amide bonds. The predicted molar refractivity (Wildman–Crippen MR) is 74.2 cm³/mol. The first-order valence-electron chi connectivity index (χ1n) is 5.22. The fraction of sp³-hybridized carbons (Fsp3) is 0.273. The number of hydrogen-bond donors (Lipinski definition) is 1. The van der Waals surface area contributed by atoms with E-state index in [2.05, 4.69) is 4.74 Å². The largest absolute Gasteiger partial charge is 0.468 e. The van der Waals surface area contributed by atoms with Crippen LogP contribution in [0.2, 0.25) is 0 Å². The second-order valence-electron chi connectivity index (χ2n) is 3.73. The van der Waals surface area contributed by atoms with Crippen molar-refractivity contribution in [1.82, 2.24) is 4.31 Å². The molecular weight excluding hydrogens is 288 g/mol. The average Bonchev–Trinajstić information content (AvgIpc) is 2.38. The summed E-state index contributed by atoms with van der Waals surface area (Å²) in [5.74, 6) is -0.642.